The predicted molar refractivity (Wildman–Crippen MR) is 68.8 cm³/mol. The summed E-state index contributed by atoms with van der Waals surface area (Å²) < 4.78 is 41.9. The second kappa shape index (κ2) is 7.13. The molecule has 0 aliphatic heterocycles. The minimum Gasteiger partial charge on any atom is -0.466 e. The average Bonchev–Trinajstić information content (AvgIpc) is 2.38. The van der Waals surface area contributed by atoms with Crippen LogP contribution in [0.3, 0.4) is 0 Å². The Morgan fingerprint density at radius 3 is 2.62 bits per heavy atom. The number of hydrogen-bond donors (Lipinski definition) is 0. The lowest BCUT2D eigenvalue weighted by Crippen LogP contribution is -2.11. The average molecular weight is 317 g/mol. The third kappa shape index (κ3) is 4.79. The Morgan fingerprint density at radius 1 is 1.48 bits per heavy atom. The number of hydrogen-bond acceptors (Lipinski definition) is 5. The van der Waals surface area contributed by atoms with Gasteiger partial charge >= 0.3 is 11.5 Å². The van der Waals surface area contributed by atoms with E-state index in [9.17, 15) is 22.8 Å². The van der Waals surface area contributed by atoms with E-state index in [0.717, 1.165) is 6.07 Å². The quantitative estimate of drug-likeness (QED) is 0.474. The highest BCUT2D eigenvalue weighted by Crippen LogP contribution is 2.39. The summed E-state index contributed by atoms with van der Waals surface area (Å²) >= 11 is -0.478. The molecule has 1 aromatic rings. The van der Waals surface area contributed by atoms with Crippen molar-refractivity contribution in [2.24, 2.45) is 0 Å². The molecule has 0 unspecified atom stereocenters. The van der Waals surface area contributed by atoms with Gasteiger partial charge in [-0.3, -0.25) is 9.59 Å². The zero-order valence-electron chi connectivity index (χ0n) is 10.9. The van der Waals surface area contributed by atoms with Gasteiger partial charge in [0.15, 0.2) is 6.29 Å². The van der Waals surface area contributed by atoms with Gasteiger partial charge in [0.2, 0.25) is 0 Å². The number of carbonyl (C=O) groups is 2. The Balaban J connectivity index is 3.23. The molecule has 0 heterocycles. The zero-order valence-corrected chi connectivity index (χ0v) is 11.7. The molecule has 21 heavy (non-hydrogen) atoms. The van der Waals surface area contributed by atoms with Gasteiger partial charge in [0.25, 0.3) is 0 Å². The third-order valence-corrected chi connectivity index (χ3v) is 3.18. The Labute approximate surface area is 122 Å². The first-order valence-electron chi connectivity index (χ1n) is 5.74. The maximum atomic E-state index is 12.4. The second-order valence-corrected chi connectivity index (χ2v) is 4.88. The number of nitriles is 1. The van der Waals surface area contributed by atoms with Gasteiger partial charge < -0.3 is 4.74 Å². The van der Waals surface area contributed by atoms with Crippen LogP contribution in [-0.2, 0) is 16.0 Å². The number of rotatable bonds is 5. The molecule has 0 bridgehead atoms. The van der Waals surface area contributed by atoms with Crippen molar-refractivity contribution in [3.05, 3.63) is 28.8 Å². The normalized spacial score (nSPS) is 10.8. The molecule has 0 fully saturated rings. The van der Waals surface area contributed by atoms with Crippen LogP contribution >= 0.6 is 11.8 Å². The SMILES string of the molecule is CCOC(=O)Cc1ccc(SC(F)(F)F)c(C#N)c1C=O. The second-order valence-electron chi connectivity index (χ2n) is 3.77. The maximum absolute atomic E-state index is 12.4. The number of benzene rings is 1. The summed E-state index contributed by atoms with van der Waals surface area (Å²) in [7, 11) is 0. The van der Waals surface area contributed by atoms with Crippen LogP contribution in [0.15, 0.2) is 17.0 Å². The van der Waals surface area contributed by atoms with Crippen LogP contribution in [0.4, 0.5) is 13.2 Å². The summed E-state index contributed by atoms with van der Waals surface area (Å²) in [5, 5.41) is 8.98. The lowest BCUT2D eigenvalue weighted by Gasteiger charge is -2.11. The Morgan fingerprint density at radius 2 is 2.14 bits per heavy atom. The molecule has 0 N–H and O–H groups in total. The van der Waals surface area contributed by atoms with Gasteiger partial charge in [0.05, 0.1) is 18.6 Å². The molecule has 1 aromatic carbocycles. The number of alkyl halides is 3. The van der Waals surface area contributed by atoms with Crippen molar-refractivity contribution in [1.29, 1.82) is 5.26 Å². The highest BCUT2D eigenvalue weighted by atomic mass is 32.2. The van der Waals surface area contributed by atoms with Crippen LogP contribution < -0.4 is 0 Å². The molecule has 0 atom stereocenters. The first-order chi connectivity index (χ1) is 9.82. The maximum Gasteiger partial charge on any atom is 0.446 e. The van der Waals surface area contributed by atoms with Gasteiger partial charge in [0.1, 0.15) is 6.07 Å². The number of thioether (sulfide) groups is 1. The molecule has 0 aliphatic rings. The van der Waals surface area contributed by atoms with Crippen molar-refractivity contribution in [3.63, 3.8) is 0 Å². The third-order valence-electron chi connectivity index (χ3n) is 2.39. The topological polar surface area (TPSA) is 67.2 Å². The van der Waals surface area contributed by atoms with Crippen LogP contribution in [0.1, 0.15) is 28.4 Å². The molecule has 0 aliphatic carbocycles. The molecule has 0 radical (unpaired) electrons. The van der Waals surface area contributed by atoms with Gasteiger partial charge in [-0.15, -0.1) is 0 Å². The first kappa shape index (κ1) is 17.0. The lowest BCUT2D eigenvalue weighted by atomic mass is 10.0. The molecule has 0 saturated heterocycles. The monoisotopic (exact) mass is 317 g/mol. The van der Waals surface area contributed by atoms with E-state index < -0.39 is 28.8 Å². The van der Waals surface area contributed by atoms with E-state index in [4.69, 9.17) is 10.00 Å². The minimum absolute atomic E-state index is 0.141. The molecule has 8 heteroatoms. The van der Waals surface area contributed by atoms with E-state index >= 15 is 0 Å². The van der Waals surface area contributed by atoms with Crippen LogP contribution in [0.2, 0.25) is 0 Å². The van der Waals surface area contributed by atoms with Crippen molar-refractivity contribution in [1.82, 2.24) is 0 Å². The lowest BCUT2D eigenvalue weighted by molar-refractivity contribution is -0.142. The van der Waals surface area contributed by atoms with Gasteiger partial charge in [0, 0.05) is 10.5 Å². The van der Waals surface area contributed by atoms with Crippen molar-refractivity contribution in [2.75, 3.05) is 6.61 Å². The standard InChI is InChI=1S/C13H10F3NO3S/c1-2-20-12(19)5-8-3-4-11(21-13(14,15)16)9(6-17)10(8)7-18/h3-4,7H,2,5H2,1H3. The highest BCUT2D eigenvalue weighted by Gasteiger charge is 2.31. The van der Waals surface area contributed by atoms with E-state index in [1.807, 2.05) is 0 Å². The smallest absolute Gasteiger partial charge is 0.446 e. The van der Waals surface area contributed by atoms with Crippen molar-refractivity contribution in [3.8, 4) is 6.07 Å². The molecular formula is C13H10F3NO3S. The van der Waals surface area contributed by atoms with Crippen LogP contribution in [0.5, 0.6) is 0 Å². The summed E-state index contributed by atoms with van der Waals surface area (Å²) in [6, 6.07) is 3.86. The Bertz CT molecular complexity index is 594. The molecule has 0 amide bonds. The number of halogens is 3. The number of aldehydes is 1. The summed E-state index contributed by atoms with van der Waals surface area (Å²) in [5.74, 6) is -0.624. The van der Waals surface area contributed by atoms with Crippen molar-refractivity contribution in [2.45, 2.75) is 23.7 Å². The fraction of sp³-hybridized carbons (Fsp3) is 0.308. The van der Waals surface area contributed by atoms with Crippen LogP contribution in [0, 0.1) is 11.3 Å². The van der Waals surface area contributed by atoms with E-state index in [2.05, 4.69) is 0 Å². The van der Waals surface area contributed by atoms with Gasteiger partial charge in [-0.1, -0.05) is 6.07 Å². The highest BCUT2D eigenvalue weighted by molar-refractivity contribution is 8.00. The summed E-state index contributed by atoms with van der Waals surface area (Å²) in [4.78, 5) is 22.1. The van der Waals surface area contributed by atoms with Gasteiger partial charge in [-0.25, -0.2) is 0 Å². The van der Waals surface area contributed by atoms with E-state index in [0.29, 0.717) is 0 Å². The van der Waals surface area contributed by atoms with Crippen LogP contribution in [-0.4, -0.2) is 24.4 Å². The fourth-order valence-corrected chi connectivity index (χ4v) is 2.27. The first-order valence-corrected chi connectivity index (χ1v) is 6.56. The Hall–Kier alpha value is -2.01. The van der Waals surface area contributed by atoms with Crippen molar-refractivity contribution < 1.29 is 27.5 Å². The van der Waals surface area contributed by atoms with Gasteiger partial charge in [-0.2, -0.15) is 18.4 Å². The van der Waals surface area contributed by atoms with Gasteiger partial charge in [-0.05, 0) is 30.3 Å². The van der Waals surface area contributed by atoms with Crippen molar-refractivity contribution >= 4 is 24.0 Å². The molecule has 0 saturated carbocycles. The predicted octanol–water partition coefficient (Wildman–Crippen LogP) is 3.09. The molecule has 0 aromatic heterocycles. The molecule has 112 valence electrons. The molecule has 0 spiro atoms. The summed E-state index contributed by atoms with van der Waals surface area (Å²) in [6.07, 6.45) is -0.0128. The zero-order chi connectivity index (χ0) is 16.0. The molecule has 1 rings (SSSR count). The molecular weight excluding hydrogens is 307 g/mol. The summed E-state index contributed by atoms with van der Waals surface area (Å²) in [5.41, 5.74) is -5.03. The largest absolute Gasteiger partial charge is 0.466 e. The fourth-order valence-electron chi connectivity index (χ4n) is 1.62. The number of esters is 1. The minimum atomic E-state index is -4.57. The number of ether oxygens (including phenoxy) is 1. The number of carbonyl (C=O) groups excluding carboxylic acids is 2. The van der Waals surface area contributed by atoms with Crippen LogP contribution in [0.25, 0.3) is 0 Å². The molecule has 4 nitrogen and oxygen atoms in total. The Kier molecular flexibility index (Phi) is 5.79. The number of nitrogens with zero attached hydrogens (tertiary/aromatic N) is 1. The van der Waals surface area contributed by atoms with E-state index in [1.165, 1.54) is 6.07 Å². The van der Waals surface area contributed by atoms with E-state index in [1.54, 1.807) is 13.0 Å². The van der Waals surface area contributed by atoms with E-state index in [-0.39, 0.29) is 35.3 Å². The summed E-state index contributed by atoms with van der Waals surface area (Å²) in [6.45, 7) is 1.74.